The average Bonchev–Trinajstić information content (AvgIpc) is 2.79. The second kappa shape index (κ2) is 9.34. The Balaban J connectivity index is 1.31. The first-order valence-corrected chi connectivity index (χ1v) is 11.8. The summed E-state index contributed by atoms with van der Waals surface area (Å²) in [4.78, 5) is 27.4. The Morgan fingerprint density at radius 1 is 1.00 bits per heavy atom. The van der Waals surface area contributed by atoms with Crippen LogP contribution in [-0.4, -0.2) is 29.8 Å². The van der Waals surface area contributed by atoms with Crippen molar-refractivity contribution >= 4 is 27.7 Å². The Hall–Kier alpha value is -2.14. The van der Waals surface area contributed by atoms with Gasteiger partial charge in [-0.2, -0.15) is 0 Å². The highest BCUT2D eigenvalue weighted by molar-refractivity contribution is 9.10. The van der Waals surface area contributed by atoms with Crippen LogP contribution in [-0.2, 0) is 17.6 Å². The number of amides is 2. The van der Waals surface area contributed by atoms with E-state index in [-0.39, 0.29) is 23.8 Å². The summed E-state index contributed by atoms with van der Waals surface area (Å²) in [5.41, 5.74) is 4.79. The molecule has 30 heavy (non-hydrogen) atoms. The molecule has 0 radical (unpaired) electrons. The van der Waals surface area contributed by atoms with E-state index in [4.69, 9.17) is 0 Å². The zero-order valence-corrected chi connectivity index (χ0v) is 19.1. The lowest BCUT2D eigenvalue weighted by atomic mass is 9.89. The molecular weight excluding hydrogens is 440 g/mol. The van der Waals surface area contributed by atoms with E-state index < -0.39 is 0 Å². The van der Waals surface area contributed by atoms with Crippen LogP contribution in [0.3, 0.4) is 0 Å². The number of carbonyl (C=O) groups is 2. The maximum atomic E-state index is 12.8. The van der Waals surface area contributed by atoms with Crippen molar-refractivity contribution in [2.24, 2.45) is 5.92 Å². The van der Waals surface area contributed by atoms with Crippen LogP contribution in [0.25, 0.3) is 0 Å². The van der Waals surface area contributed by atoms with E-state index >= 15 is 0 Å². The zero-order valence-electron chi connectivity index (χ0n) is 17.5. The normalized spacial score (nSPS) is 17.9. The van der Waals surface area contributed by atoms with Gasteiger partial charge in [-0.05, 0) is 86.4 Å². The minimum Gasteiger partial charge on any atom is -0.349 e. The summed E-state index contributed by atoms with van der Waals surface area (Å²) in [7, 11) is 0. The Labute approximate surface area is 187 Å². The molecule has 1 saturated heterocycles. The van der Waals surface area contributed by atoms with Crippen molar-refractivity contribution in [1.82, 2.24) is 10.2 Å². The fraction of sp³-hybridized carbons (Fsp3) is 0.440. The highest BCUT2D eigenvalue weighted by atomic mass is 79.9. The van der Waals surface area contributed by atoms with Crippen LogP contribution in [0.4, 0.5) is 0 Å². The van der Waals surface area contributed by atoms with E-state index in [9.17, 15) is 9.59 Å². The molecule has 5 heteroatoms. The molecule has 0 bridgehead atoms. The predicted molar refractivity (Wildman–Crippen MR) is 122 cm³/mol. The standard InChI is InChI=1S/C25H29BrN2O2/c1-17(21-7-6-18-4-2-3-5-22(18)16-21)27-24(29)19-12-14-28(15-13-19)25(30)20-8-10-23(26)11-9-20/h6-11,16-17,19H,2-5,12-15H2,1H3,(H,27,29). The molecule has 1 heterocycles. The Morgan fingerprint density at radius 2 is 1.67 bits per heavy atom. The molecule has 1 atom stereocenters. The van der Waals surface area contributed by atoms with Crippen molar-refractivity contribution in [3.05, 3.63) is 69.2 Å². The SMILES string of the molecule is CC(NC(=O)C1CCN(C(=O)c2ccc(Br)cc2)CC1)c1ccc2c(c1)CCCC2. The van der Waals surface area contributed by atoms with Crippen molar-refractivity contribution < 1.29 is 9.59 Å². The average molecular weight is 469 g/mol. The number of rotatable bonds is 4. The first-order chi connectivity index (χ1) is 14.5. The van der Waals surface area contributed by atoms with Crippen LogP contribution in [0.5, 0.6) is 0 Å². The van der Waals surface area contributed by atoms with Gasteiger partial charge in [0.05, 0.1) is 6.04 Å². The van der Waals surface area contributed by atoms with E-state index in [1.807, 2.05) is 29.2 Å². The maximum Gasteiger partial charge on any atom is 0.253 e. The molecule has 1 N–H and O–H groups in total. The van der Waals surface area contributed by atoms with Crippen molar-refractivity contribution in [3.63, 3.8) is 0 Å². The zero-order chi connectivity index (χ0) is 21.1. The van der Waals surface area contributed by atoms with E-state index in [1.54, 1.807) is 0 Å². The largest absolute Gasteiger partial charge is 0.349 e. The number of benzene rings is 2. The van der Waals surface area contributed by atoms with Crippen LogP contribution in [0.1, 0.15) is 65.7 Å². The summed E-state index contributed by atoms with van der Waals surface area (Å²) in [6.45, 7) is 3.31. The van der Waals surface area contributed by atoms with Gasteiger partial charge in [0.15, 0.2) is 0 Å². The number of halogens is 1. The molecule has 2 amide bonds. The summed E-state index contributed by atoms with van der Waals surface area (Å²) in [6.07, 6.45) is 6.29. The Morgan fingerprint density at radius 3 is 2.37 bits per heavy atom. The van der Waals surface area contributed by atoms with Gasteiger partial charge in [-0.3, -0.25) is 9.59 Å². The van der Waals surface area contributed by atoms with Gasteiger partial charge < -0.3 is 10.2 Å². The second-order valence-electron chi connectivity index (χ2n) is 8.54. The molecule has 1 unspecified atom stereocenters. The molecule has 2 aromatic rings. The highest BCUT2D eigenvalue weighted by Crippen LogP contribution is 2.26. The number of hydrogen-bond acceptors (Lipinski definition) is 2. The molecule has 1 aliphatic carbocycles. The van der Waals surface area contributed by atoms with Gasteiger partial charge in [0.2, 0.25) is 5.91 Å². The van der Waals surface area contributed by atoms with E-state index in [0.717, 1.165) is 10.9 Å². The van der Waals surface area contributed by atoms with Gasteiger partial charge in [0.25, 0.3) is 5.91 Å². The molecule has 1 aliphatic heterocycles. The van der Waals surface area contributed by atoms with E-state index in [0.29, 0.717) is 31.5 Å². The smallest absolute Gasteiger partial charge is 0.253 e. The number of likely N-dealkylation sites (tertiary alicyclic amines) is 1. The fourth-order valence-electron chi connectivity index (χ4n) is 4.56. The molecule has 2 aromatic carbocycles. The monoisotopic (exact) mass is 468 g/mol. The van der Waals surface area contributed by atoms with Crippen molar-refractivity contribution in [3.8, 4) is 0 Å². The van der Waals surface area contributed by atoms with Gasteiger partial charge in [-0.15, -0.1) is 0 Å². The van der Waals surface area contributed by atoms with E-state index in [2.05, 4.69) is 46.4 Å². The number of nitrogens with one attached hydrogen (secondary N) is 1. The van der Waals surface area contributed by atoms with Crippen LogP contribution >= 0.6 is 15.9 Å². The summed E-state index contributed by atoms with van der Waals surface area (Å²) in [5, 5.41) is 3.21. The topological polar surface area (TPSA) is 49.4 Å². The number of aryl methyl sites for hydroxylation is 2. The summed E-state index contributed by atoms with van der Waals surface area (Å²) >= 11 is 3.40. The predicted octanol–water partition coefficient (Wildman–Crippen LogP) is 5.06. The molecule has 4 rings (SSSR count). The number of carbonyl (C=O) groups excluding carboxylic acids is 2. The molecule has 4 nitrogen and oxygen atoms in total. The fourth-order valence-corrected chi connectivity index (χ4v) is 4.82. The second-order valence-corrected chi connectivity index (χ2v) is 9.45. The quantitative estimate of drug-likeness (QED) is 0.681. The van der Waals surface area contributed by atoms with Crippen LogP contribution < -0.4 is 5.32 Å². The lowest BCUT2D eigenvalue weighted by Crippen LogP contribution is -2.43. The lowest BCUT2D eigenvalue weighted by Gasteiger charge is -2.32. The molecular formula is C25H29BrN2O2. The van der Waals surface area contributed by atoms with Gasteiger partial charge in [-0.1, -0.05) is 34.1 Å². The highest BCUT2D eigenvalue weighted by Gasteiger charge is 2.28. The number of hydrogen-bond donors (Lipinski definition) is 1. The molecule has 2 aliphatic rings. The lowest BCUT2D eigenvalue weighted by molar-refractivity contribution is -0.127. The van der Waals surface area contributed by atoms with Crippen molar-refractivity contribution in [2.75, 3.05) is 13.1 Å². The van der Waals surface area contributed by atoms with Crippen LogP contribution in [0, 0.1) is 5.92 Å². The minimum absolute atomic E-state index is 0.00662. The van der Waals surface area contributed by atoms with Crippen molar-refractivity contribution in [2.45, 2.75) is 51.5 Å². The molecule has 1 fully saturated rings. The van der Waals surface area contributed by atoms with Gasteiger partial charge in [-0.25, -0.2) is 0 Å². The molecule has 0 saturated carbocycles. The van der Waals surface area contributed by atoms with Gasteiger partial charge in [0, 0.05) is 29.0 Å². The Kier molecular flexibility index (Phi) is 6.57. The molecule has 0 spiro atoms. The minimum atomic E-state index is -0.0287. The third-order valence-electron chi connectivity index (χ3n) is 6.48. The molecule has 0 aromatic heterocycles. The first-order valence-electron chi connectivity index (χ1n) is 11.0. The molecule has 158 valence electrons. The third-order valence-corrected chi connectivity index (χ3v) is 7.00. The maximum absolute atomic E-state index is 12.8. The number of piperidine rings is 1. The van der Waals surface area contributed by atoms with Crippen molar-refractivity contribution in [1.29, 1.82) is 0 Å². The van der Waals surface area contributed by atoms with Crippen LogP contribution in [0.15, 0.2) is 46.9 Å². The summed E-state index contributed by atoms with van der Waals surface area (Å²) in [5.74, 6) is 0.124. The Bertz CT molecular complexity index is 917. The van der Waals surface area contributed by atoms with Gasteiger partial charge in [0.1, 0.15) is 0 Å². The third kappa shape index (κ3) is 4.77. The number of nitrogens with zero attached hydrogens (tertiary/aromatic N) is 1. The van der Waals surface area contributed by atoms with Crippen LogP contribution in [0.2, 0.25) is 0 Å². The van der Waals surface area contributed by atoms with E-state index in [1.165, 1.54) is 36.0 Å². The summed E-state index contributed by atoms with van der Waals surface area (Å²) < 4.78 is 0.961. The van der Waals surface area contributed by atoms with Gasteiger partial charge >= 0.3 is 0 Å². The summed E-state index contributed by atoms with van der Waals surface area (Å²) in [6, 6.07) is 14.1. The number of fused-ring (bicyclic) bond motifs is 1. The first kappa shape index (κ1) is 21.1.